The van der Waals surface area contributed by atoms with E-state index in [-0.39, 0.29) is 23.1 Å². The topological polar surface area (TPSA) is 111 Å². The Kier molecular flexibility index (Phi) is 4.81. The van der Waals surface area contributed by atoms with Crippen LogP contribution in [0.3, 0.4) is 0 Å². The molecule has 30 heavy (non-hydrogen) atoms. The number of rotatable bonds is 4. The maximum atomic E-state index is 12.5. The molecule has 0 saturated carbocycles. The highest BCUT2D eigenvalue weighted by Gasteiger charge is 2.31. The van der Waals surface area contributed by atoms with Crippen molar-refractivity contribution in [3.63, 3.8) is 0 Å². The van der Waals surface area contributed by atoms with Crippen molar-refractivity contribution in [2.24, 2.45) is 5.10 Å². The fraction of sp³-hybridized carbons (Fsp3) is 0.0455. The average molecular weight is 403 g/mol. The Morgan fingerprint density at radius 3 is 2.57 bits per heavy atom. The lowest BCUT2D eigenvalue weighted by atomic mass is 10.0. The summed E-state index contributed by atoms with van der Waals surface area (Å²) in [6.45, 7) is 0. The van der Waals surface area contributed by atoms with Crippen LogP contribution in [0.2, 0.25) is 0 Å². The summed E-state index contributed by atoms with van der Waals surface area (Å²) < 4.78 is 4.67. The number of hydrazone groups is 1. The molecule has 1 aliphatic rings. The third-order valence-corrected chi connectivity index (χ3v) is 4.70. The van der Waals surface area contributed by atoms with Crippen molar-refractivity contribution < 1.29 is 24.5 Å². The number of nitrogens with zero attached hydrogens (tertiary/aromatic N) is 2. The van der Waals surface area contributed by atoms with Crippen molar-refractivity contribution in [2.45, 2.75) is 0 Å². The molecule has 3 aromatic carbocycles. The van der Waals surface area contributed by atoms with Crippen molar-refractivity contribution in [3.8, 4) is 22.6 Å². The molecule has 1 heterocycles. The molecular weight excluding hydrogens is 386 g/mol. The molecule has 3 aromatic rings. The fourth-order valence-electron chi connectivity index (χ4n) is 3.27. The van der Waals surface area contributed by atoms with Crippen molar-refractivity contribution in [3.05, 3.63) is 72.3 Å². The third kappa shape index (κ3) is 3.42. The normalized spacial score (nSPS) is 14.0. The zero-order chi connectivity index (χ0) is 21.3. The summed E-state index contributed by atoms with van der Waals surface area (Å²) in [5, 5.41) is 23.7. The van der Waals surface area contributed by atoms with Crippen molar-refractivity contribution in [1.29, 1.82) is 0 Å². The van der Waals surface area contributed by atoms with E-state index < -0.39 is 6.16 Å². The molecule has 0 aliphatic carbocycles. The molecule has 3 N–H and O–H groups in total. The summed E-state index contributed by atoms with van der Waals surface area (Å²) in [5.41, 5.74) is 5.78. The van der Waals surface area contributed by atoms with Crippen LogP contribution in [-0.4, -0.2) is 35.0 Å². The Morgan fingerprint density at radius 2 is 1.77 bits per heavy atom. The van der Waals surface area contributed by atoms with Gasteiger partial charge in [-0.05, 0) is 29.8 Å². The number of carbonyl (C=O) groups is 2. The van der Waals surface area contributed by atoms with Crippen molar-refractivity contribution in [2.75, 3.05) is 17.4 Å². The van der Waals surface area contributed by atoms with Crippen molar-refractivity contribution >= 4 is 29.1 Å². The molecule has 0 saturated heterocycles. The number of hydrogen-bond donors (Lipinski definition) is 3. The number of para-hydroxylation sites is 2. The Hall–Kier alpha value is -4.33. The predicted octanol–water partition coefficient (Wildman–Crippen LogP) is 3.91. The van der Waals surface area contributed by atoms with E-state index in [1.807, 2.05) is 24.3 Å². The Morgan fingerprint density at radius 1 is 1.03 bits per heavy atom. The Bertz CT molecular complexity index is 1190. The first-order valence-corrected chi connectivity index (χ1v) is 9.00. The highest BCUT2D eigenvalue weighted by molar-refractivity contribution is 6.54. The van der Waals surface area contributed by atoms with Crippen LogP contribution >= 0.6 is 0 Å². The minimum absolute atomic E-state index is 0.0959. The minimum atomic E-state index is -1.42. The summed E-state index contributed by atoms with van der Waals surface area (Å²) >= 11 is 0. The summed E-state index contributed by atoms with van der Waals surface area (Å²) in [6.07, 6.45) is -1.42. The van der Waals surface area contributed by atoms with E-state index in [4.69, 9.17) is 5.11 Å². The number of amides is 1. The SMILES string of the molecule is CN1C(=O)C(=NNc2cccc(-c3cccc(OC(=O)O)c3)c2O)c2ccccc21. The van der Waals surface area contributed by atoms with E-state index >= 15 is 0 Å². The van der Waals surface area contributed by atoms with Gasteiger partial charge in [0.1, 0.15) is 11.5 Å². The van der Waals surface area contributed by atoms with Gasteiger partial charge < -0.3 is 19.8 Å². The number of fused-ring (bicyclic) bond motifs is 1. The third-order valence-electron chi connectivity index (χ3n) is 4.70. The molecule has 0 radical (unpaired) electrons. The van der Waals surface area contributed by atoms with Crippen molar-refractivity contribution in [1.82, 2.24) is 0 Å². The lowest BCUT2D eigenvalue weighted by Gasteiger charge is -2.11. The standard InChI is InChI=1S/C22H17N3O5/c1-25-18-11-3-2-8-16(18)19(21(25)27)24-23-17-10-5-9-15(20(17)26)13-6-4-7-14(12-13)30-22(28)29/h2-12,23,26H,1H3,(H,28,29). The summed E-state index contributed by atoms with van der Waals surface area (Å²) in [4.78, 5) is 24.8. The molecule has 150 valence electrons. The first-order valence-electron chi connectivity index (χ1n) is 9.00. The van der Waals surface area contributed by atoms with E-state index in [1.54, 1.807) is 37.4 Å². The van der Waals surface area contributed by atoms with Crippen LogP contribution in [0.4, 0.5) is 16.2 Å². The number of anilines is 2. The van der Waals surface area contributed by atoms with E-state index in [2.05, 4.69) is 15.3 Å². The van der Waals surface area contributed by atoms with Gasteiger partial charge in [-0.15, -0.1) is 0 Å². The first kappa shape index (κ1) is 19.0. The number of likely N-dealkylation sites (N-methyl/N-ethyl adjacent to an activating group) is 1. The van der Waals surface area contributed by atoms with Gasteiger partial charge in [-0.2, -0.15) is 5.10 Å². The molecule has 0 atom stereocenters. The van der Waals surface area contributed by atoms with Crippen LogP contribution < -0.4 is 15.1 Å². The average Bonchev–Trinajstić information content (AvgIpc) is 2.97. The maximum Gasteiger partial charge on any atom is 0.511 e. The summed E-state index contributed by atoms with van der Waals surface area (Å²) in [7, 11) is 1.67. The Labute approximate surface area is 171 Å². The molecule has 0 fully saturated rings. The quantitative estimate of drug-likeness (QED) is 0.264. The van der Waals surface area contributed by atoms with E-state index in [1.165, 1.54) is 17.0 Å². The molecule has 1 amide bonds. The summed E-state index contributed by atoms with van der Waals surface area (Å²) in [5.74, 6) is -0.214. The maximum absolute atomic E-state index is 12.5. The molecule has 0 bridgehead atoms. The highest BCUT2D eigenvalue weighted by Crippen LogP contribution is 2.37. The second-order valence-electron chi connectivity index (χ2n) is 6.55. The Balaban J connectivity index is 1.66. The number of aromatic hydroxyl groups is 1. The van der Waals surface area contributed by atoms with Crippen LogP contribution in [-0.2, 0) is 4.79 Å². The van der Waals surface area contributed by atoms with Gasteiger partial charge in [0.05, 0.1) is 11.4 Å². The molecule has 4 rings (SSSR count). The van der Waals surface area contributed by atoms with Gasteiger partial charge in [0.15, 0.2) is 5.71 Å². The number of benzene rings is 3. The lowest BCUT2D eigenvalue weighted by Crippen LogP contribution is -2.26. The number of phenolic OH excluding ortho intramolecular Hbond substituents is 1. The van der Waals surface area contributed by atoms with Gasteiger partial charge in [0, 0.05) is 18.2 Å². The second kappa shape index (κ2) is 7.59. The zero-order valence-electron chi connectivity index (χ0n) is 15.9. The largest absolute Gasteiger partial charge is 0.511 e. The second-order valence-corrected chi connectivity index (χ2v) is 6.55. The molecule has 8 heteroatoms. The van der Waals surface area contributed by atoms with Gasteiger partial charge in [0.25, 0.3) is 5.91 Å². The van der Waals surface area contributed by atoms with Crippen LogP contribution in [0.25, 0.3) is 11.1 Å². The van der Waals surface area contributed by atoms with Gasteiger partial charge >= 0.3 is 6.16 Å². The molecule has 0 unspecified atom stereocenters. The number of nitrogens with one attached hydrogen (secondary N) is 1. The number of ether oxygens (including phenoxy) is 1. The highest BCUT2D eigenvalue weighted by atomic mass is 16.7. The summed E-state index contributed by atoms with van der Waals surface area (Å²) in [6, 6.07) is 18.7. The van der Waals surface area contributed by atoms with Gasteiger partial charge in [-0.25, -0.2) is 4.79 Å². The van der Waals surface area contributed by atoms with Gasteiger partial charge in [-0.1, -0.05) is 42.5 Å². The number of carboxylic acid groups (broad SMARTS) is 1. The molecule has 0 spiro atoms. The number of carbonyl (C=O) groups excluding carboxylic acids is 1. The van der Waals surface area contributed by atoms with Gasteiger partial charge in [0.2, 0.25) is 0 Å². The minimum Gasteiger partial charge on any atom is -0.505 e. The van der Waals surface area contributed by atoms with E-state index in [0.717, 1.165) is 5.69 Å². The van der Waals surface area contributed by atoms with E-state index in [9.17, 15) is 14.7 Å². The fourth-order valence-corrected chi connectivity index (χ4v) is 3.27. The van der Waals surface area contributed by atoms with Crippen LogP contribution in [0, 0.1) is 0 Å². The van der Waals surface area contributed by atoms with Gasteiger partial charge in [-0.3, -0.25) is 10.2 Å². The monoisotopic (exact) mass is 403 g/mol. The van der Waals surface area contributed by atoms with Crippen LogP contribution in [0.1, 0.15) is 5.56 Å². The van der Waals surface area contributed by atoms with Crippen LogP contribution in [0.5, 0.6) is 11.5 Å². The number of hydrogen-bond acceptors (Lipinski definition) is 6. The molecule has 0 aromatic heterocycles. The lowest BCUT2D eigenvalue weighted by molar-refractivity contribution is -0.111. The number of phenols is 1. The predicted molar refractivity (Wildman–Crippen MR) is 112 cm³/mol. The zero-order valence-corrected chi connectivity index (χ0v) is 15.9. The first-order chi connectivity index (χ1) is 14.5. The van der Waals surface area contributed by atoms with E-state index in [0.29, 0.717) is 22.4 Å². The smallest absolute Gasteiger partial charge is 0.505 e. The molecule has 8 nitrogen and oxygen atoms in total. The molecule has 1 aliphatic heterocycles. The molecular formula is C22H17N3O5. The van der Waals surface area contributed by atoms with Crippen LogP contribution in [0.15, 0.2) is 71.8 Å².